The van der Waals surface area contributed by atoms with Crippen molar-refractivity contribution in [3.05, 3.63) is 65.2 Å². The first kappa shape index (κ1) is 21.7. The number of sulfone groups is 1. The normalized spacial score (nSPS) is 17.8. The molecule has 1 amide bonds. The summed E-state index contributed by atoms with van der Waals surface area (Å²) in [6, 6.07) is 5.21. The Balaban J connectivity index is 1.93. The van der Waals surface area contributed by atoms with Gasteiger partial charge < -0.3 is 4.90 Å². The predicted molar refractivity (Wildman–Crippen MR) is 111 cm³/mol. The van der Waals surface area contributed by atoms with Crippen LogP contribution in [-0.2, 0) is 16.4 Å². The Kier molecular flexibility index (Phi) is 6.92. The van der Waals surface area contributed by atoms with E-state index in [2.05, 4.69) is 16.5 Å². The number of aromatic nitrogens is 2. The van der Waals surface area contributed by atoms with Crippen LogP contribution < -0.4 is 0 Å². The zero-order valence-corrected chi connectivity index (χ0v) is 17.8. The first-order valence-electron chi connectivity index (χ1n) is 8.81. The van der Waals surface area contributed by atoms with Gasteiger partial charge in [0.1, 0.15) is 5.82 Å². The van der Waals surface area contributed by atoms with E-state index in [1.54, 1.807) is 18.2 Å². The summed E-state index contributed by atoms with van der Waals surface area (Å²) < 4.78 is 37.2. The molecule has 0 spiro atoms. The summed E-state index contributed by atoms with van der Waals surface area (Å²) in [5.41, 5.74) is 0.690. The van der Waals surface area contributed by atoms with Gasteiger partial charge in [0, 0.05) is 18.3 Å². The fourth-order valence-corrected chi connectivity index (χ4v) is 5.47. The molecule has 0 saturated carbocycles. The Morgan fingerprint density at radius 2 is 2.10 bits per heavy atom. The van der Waals surface area contributed by atoms with Crippen molar-refractivity contribution in [2.45, 2.75) is 24.2 Å². The molecule has 1 aliphatic heterocycles. The lowest BCUT2D eigenvalue weighted by atomic mass is 10.1. The molecule has 154 valence electrons. The van der Waals surface area contributed by atoms with Crippen LogP contribution in [0.5, 0.6) is 0 Å². The molecule has 0 unspecified atom stereocenters. The Labute approximate surface area is 178 Å². The summed E-state index contributed by atoms with van der Waals surface area (Å²) in [5.74, 6) is -0.416. The lowest BCUT2D eigenvalue weighted by molar-refractivity contribution is 0.0674. The van der Waals surface area contributed by atoms with Gasteiger partial charge in [-0.05, 0) is 24.1 Å². The fourth-order valence-electron chi connectivity index (χ4n) is 3.01. The van der Waals surface area contributed by atoms with E-state index in [9.17, 15) is 17.6 Å². The highest BCUT2D eigenvalue weighted by molar-refractivity contribution is 7.99. The number of thioether (sulfide) groups is 1. The molecule has 6 nitrogen and oxygen atoms in total. The zero-order chi connectivity index (χ0) is 21.0. The molecule has 10 heteroatoms. The van der Waals surface area contributed by atoms with Crippen molar-refractivity contribution in [1.82, 2.24) is 14.9 Å². The van der Waals surface area contributed by atoms with E-state index >= 15 is 0 Å². The number of carbonyl (C=O) groups excluding carboxylic acids is 1. The maximum Gasteiger partial charge on any atom is 0.274 e. The fraction of sp³-hybridized carbons (Fsp3) is 0.316. The molecular formula is C19H19ClFN3O3S2. The maximum atomic E-state index is 13.3. The van der Waals surface area contributed by atoms with Crippen molar-refractivity contribution in [1.29, 1.82) is 0 Å². The first-order valence-corrected chi connectivity index (χ1v) is 12.0. The van der Waals surface area contributed by atoms with Crippen LogP contribution in [0.4, 0.5) is 4.39 Å². The van der Waals surface area contributed by atoms with E-state index in [0.29, 0.717) is 22.9 Å². The van der Waals surface area contributed by atoms with Crippen LogP contribution in [0.15, 0.2) is 48.3 Å². The highest BCUT2D eigenvalue weighted by Gasteiger charge is 2.36. The van der Waals surface area contributed by atoms with Crippen LogP contribution in [0.25, 0.3) is 0 Å². The van der Waals surface area contributed by atoms with E-state index in [4.69, 9.17) is 11.6 Å². The van der Waals surface area contributed by atoms with Gasteiger partial charge in [-0.2, -0.15) is 0 Å². The van der Waals surface area contributed by atoms with Crippen molar-refractivity contribution in [2.24, 2.45) is 0 Å². The van der Waals surface area contributed by atoms with Gasteiger partial charge in [0.15, 0.2) is 20.7 Å². The largest absolute Gasteiger partial charge is 0.329 e. The van der Waals surface area contributed by atoms with Gasteiger partial charge >= 0.3 is 0 Å². The molecule has 3 rings (SSSR count). The molecule has 2 heterocycles. The van der Waals surface area contributed by atoms with Gasteiger partial charge in [0.2, 0.25) is 0 Å². The minimum Gasteiger partial charge on any atom is -0.329 e. The second kappa shape index (κ2) is 9.23. The molecule has 0 N–H and O–H groups in total. The molecular weight excluding hydrogens is 437 g/mol. The standard InChI is InChI=1S/C19H19ClFN3O3S2/c1-2-8-28-19-22-10-16(20)17(23-19)18(25)24(15-7-9-29(26,27)12-15)11-13-3-5-14(21)6-4-13/h2-6,10,15H,1,7-9,11-12H2/t15-/m0/s1. The lowest BCUT2D eigenvalue weighted by Crippen LogP contribution is -2.41. The number of rotatable bonds is 7. The van der Waals surface area contributed by atoms with E-state index in [0.717, 1.165) is 0 Å². The van der Waals surface area contributed by atoms with Gasteiger partial charge in [-0.25, -0.2) is 22.8 Å². The topological polar surface area (TPSA) is 80.2 Å². The second-order valence-electron chi connectivity index (χ2n) is 6.57. The SMILES string of the molecule is C=CCSc1ncc(Cl)c(C(=O)N(Cc2ccc(F)cc2)[C@H]2CCS(=O)(=O)C2)n1. The van der Waals surface area contributed by atoms with Crippen LogP contribution >= 0.6 is 23.4 Å². The van der Waals surface area contributed by atoms with Crippen molar-refractivity contribution in [3.63, 3.8) is 0 Å². The molecule has 1 atom stereocenters. The van der Waals surface area contributed by atoms with Crippen molar-refractivity contribution in [3.8, 4) is 0 Å². The number of amides is 1. The summed E-state index contributed by atoms with van der Waals surface area (Å²) in [4.78, 5) is 23.1. The van der Waals surface area contributed by atoms with Gasteiger partial charge in [0.25, 0.3) is 5.91 Å². The number of benzene rings is 1. The van der Waals surface area contributed by atoms with E-state index in [-0.39, 0.29) is 28.8 Å². The third-order valence-corrected chi connectivity index (χ3v) is 7.32. The average molecular weight is 456 g/mol. The monoisotopic (exact) mass is 455 g/mol. The smallest absolute Gasteiger partial charge is 0.274 e. The second-order valence-corrected chi connectivity index (χ2v) is 10.2. The van der Waals surface area contributed by atoms with Crippen molar-refractivity contribution >= 4 is 39.1 Å². The Hall–Kier alpha value is -1.97. The minimum atomic E-state index is -3.22. The van der Waals surface area contributed by atoms with Gasteiger partial charge in [-0.1, -0.05) is 41.6 Å². The van der Waals surface area contributed by atoms with Gasteiger partial charge in [-0.3, -0.25) is 4.79 Å². The van der Waals surface area contributed by atoms with Gasteiger partial charge in [0.05, 0.1) is 22.7 Å². The van der Waals surface area contributed by atoms with E-state index in [1.807, 2.05) is 0 Å². The van der Waals surface area contributed by atoms with Gasteiger partial charge in [-0.15, -0.1) is 6.58 Å². The Bertz CT molecular complexity index is 1020. The van der Waals surface area contributed by atoms with Crippen LogP contribution in [-0.4, -0.2) is 52.5 Å². The molecule has 1 aliphatic rings. The minimum absolute atomic E-state index is 0.0136. The molecule has 1 aromatic heterocycles. The molecule has 1 aromatic carbocycles. The average Bonchev–Trinajstić information content (AvgIpc) is 3.06. The van der Waals surface area contributed by atoms with Crippen LogP contribution in [0.3, 0.4) is 0 Å². The molecule has 2 aromatic rings. The highest BCUT2D eigenvalue weighted by atomic mass is 35.5. The number of halogens is 2. The molecule has 1 fully saturated rings. The maximum absolute atomic E-state index is 13.3. The zero-order valence-electron chi connectivity index (χ0n) is 15.4. The molecule has 0 radical (unpaired) electrons. The third-order valence-electron chi connectivity index (χ3n) is 4.43. The molecule has 0 aliphatic carbocycles. The first-order chi connectivity index (χ1) is 13.8. The number of hydrogen-bond acceptors (Lipinski definition) is 6. The van der Waals surface area contributed by atoms with Crippen LogP contribution in [0.1, 0.15) is 22.5 Å². The number of carbonyl (C=O) groups is 1. The summed E-state index contributed by atoms with van der Waals surface area (Å²) in [6.07, 6.45) is 3.37. The van der Waals surface area contributed by atoms with E-state index in [1.165, 1.54) is 35.0 Å². The molecule has 1 saturated heterocycles. The van der Waals surface area contributed by atoms with Crippen LogP contribution in [0.2, 0.25) is 5.02 Å². The third kappa shape index (κ3) is 5.55. The summed E-state index contributed by atoms with van der Waals surface area (Å²) in [6.45, 7) is 3.76. The van der Waals surface area contributed by atoms with Crippen molar-refractivity contribution < 1.29 is 17.6 Å². The Morgan fingerprint density at radius 3 is 2.72 bits per heavy atom. The highest BCUT2D eigenvalue weighted by Crippen LogP contribution is 2.25. The molecule has 0 bridgehead atoms. The Morgan fingerprint density at radius 1 is 1.38 bits per heavy atom. The van der Waals surface area contributed by atoms with Crippen LogP contribution in [0, 0.1) is 5.82 Å². The summed E-state index contributed by atoms with van der Waals surface area (Å²) in [5, 5.41) is 0.460. The number of nitrogens with zero attached hydrogens (tertiary/aromatic N) is 3. The van der Waals surface area contributed by atoms with Crippen molar-refractivity contribution in [2.75, 3.05) is 17.3 Å². The summed E-state index contributed by atoms with van der Waals surface area (Å²) >= 11 is 7.49. The quantitative estimate of drug-likeness (QED) is 0.361. The summed E-state index contributed by atoms with van der Waals surface area (Å²) in [7, 11) is -3.22. The molecule has 29 heavy (non-hydrogen) atoms. The van der Waals surface area contributed by atoms with E-state index < -0.39 is 27.6 Å². The predicted octanol–water partition coefficient (Wildman–Crippen LogP) is 3.38. The lowest BCUT2D eigenvalue weighted by Gasteiger charge is -2.28. The number of hydrogen-bond donors (Lipinski definition) is 0.